The molecular formula is C22H27ClFN3O2. The zero-order chi connectivity index (χ0) is 20.6. The van der Waals surface area contributed by atoms with E-state index in [2.05, 4.69) is 15.1 Å². The number of amides is 1. The van der Waals surface area contributed by atoms with Gasteiger partial charge < -0.3 is 10.1 Å². The fraction of sp³-hybridized carbons (Fsp3) is 0.409. The number of nitrogens with one attached hydrogen (secondary N) is 1. The molecule has 0 spiro atoms. The Kier molecular flexibility index (Phi) is 7.86. The topological polar surface area (TPSA) is 44.8 Å². The van der Waals surface area contributed by atoms with Crippen LogP contribution in [0, 0.1) is 12.7 Å². The Morgan fingerprint density at radius 3 is 2.48 bits per heavy atom. The maximum Gasteiger partial charge on any atom is 0.234 e. The van der Waals surface area contributed by atoms with Crippen molar-refractivity contribution in [1.29, 1.82) is 0 Å². The summed E-state index contributed by atoms with van der Waals surface area (Å²) in [5.74, 6) is 0.587. The third kappa shape index (κ3) is 6.99. The lowest BCUT2D eigenvalue weighted by Gasteiger charge is -2.34. The van der Waals surface area contributed by atoms with Crippen LogP contribution in [0.4, 0.5) is 4.39 Å². The van der Waals surface area contributed by atoms with Crippen LogP contribution in [0.25, 0.3) is 0 Å². The van der Waals surface area contributed by atoms with Crippen LogP contribution in [-0.2, 0) is 11.3 Å². The van der Waals surface area contributed by atoms with E-state index >= 15 is 0 Å². The Morgan fingerprint density at radius 2 is 1.79 bits per heavy atom. The van der Waals surface area contributed by atoms with E-state index in [0.717, 1.165) is 44.0 Å². The predicted octanol–water partition coefficient (Wildman–Crippen LogP) is 3.10. The molecule has 0 unspecified atom stereocenters. The number of nitrogens with zero attached hydrogens (tertiary/aromatic N) is 2. The molecule has 0 aromatic heterocycles. The maximum absolute atomic E-state index is 13.3. The smallest absolute Gasteiger partial charge is 0.234 e. The number of benzene rings is 2. The van der Waals surface area contributed by atoms with Crippen molar-refractivity contribution in [2.45, 2.75) is 13.5 Å². The molecule has 5 nitrogen and oxygen atoms in total. The molecule has 2 aromatic carbocycles. The number of hydrogen-bond donors (Lipinski definition) is 1. The summed E-state index contributed by atoms with van der Waals surface area (Å²) in [6.45, 7) is 7.53. The van der Waals surface area contributed by atoms with Crippen molar-refractivity contribution in [2.75, 3.05) is 45.9 Å². The number of carbonyl (C=O) groups is 1. The lowest BCUT2D eigenvalue weighted by atomic mass is 10.1. The number of aryl methyl sites for hydroxylation is 1. The third-order valence-corrected chi connectivity index (χ3v) is 5.29. The van der Waals surface area contributed by atoms with Gasteiger partial charge in [-0.1, -0.05) is 23.7 Å². The summed E-state index contributed by atoms with van der Waals surface area (Å²) in [4.78, 5) is 16.7. The largest absolute Gasteiger partial charge is 0.492 e. The van der Waals surface area contributed by atoms with E-state index < -0.39 is 0 Å². The van der Waals surface area contributed by atoms with E-state index in [1.54, 1.807) is 19.1 Å². The zero-order valence-electron chi connectivity index (χ0n) is 16.7. The lowest BCUT2D eigenvalue weighted by Crippen LogP contribution is -2.50. The van der Waals surface area contributed by atoms with Gasteiger partial charge in [0.25, 0.3) is 0 Å². The molecule has 29 heavy (non-hydrogen) atoms. The highest BCUT2D eigenvalue weighted by molar-refractivity contribution is 6.30. The van der Waals surface area contributed by atoms with Gasteiger partial charge in [0.2, 0.25) is 5.91 Å². The van der Waals surface area contributed by atoms with Crippen molar-refractivity contribution in [3.63, 3.8) is 0 Å². The predicted molar refractivity (Wildman–Crippen MR) is 113 cm³/mol. The fourth-order valence-corrected chi connectivity index (χ4v) is 3.40. The number of piperazine rings is 1. The van der Waals surface area contributed by atoms with Crippen molar-refractivity contribution < 1.29 is 13.9 Å². The molecule has 1 saturated heterocycles. The van der Waals surface area contributed by atoms with Crippen LogP contribution in [0.3, 0.4) is 0 Å². The molecule has 0 bridgehead atoms. The monoisotopic (exact) mass is 419 g/mol. The van der Waals surface area contributed by atoms with Gasteiger partial charge in [0, 0.05) is 44.3 Å². The highest BCUT2D eigenvalue weighted by Gasteiger charge is 2.18. The lowest BCUT2D eigenvalue weighted by molar-refractivity contribution is -0.122. The summed E-state index contributed by atoms with van der Waals surface area (Å²) in [7, 11) is 0. The van der Waals surface area contributed by atoms with Gasteiger partial charge >= 0.3 is 0 Å². The summed E-state index contributed by atoms with van der Waals surface area (Å²) >= 11 is 5.87. The summed E-state index contributed by atoms with van der Waals surface area (Å²) in [5, 5.41) is 3.61. The van der Waals surface area contributed by atoms with Crippen LogP contribution in [0.15, 0.2) is 42.5 Å². The van der Waals surface area contributed by atoms with Crippen molar-refractivity contribution >= 4 is 17.5 Å². The van der Waals surface area contributed by atoms with Gasteiger partial charge in [-0.15, -0.1) is 0 Å². The standard InChI is InChI=1S/C22H27ClFN3O2/c1-17-14-18(2-7-21(17)24)15-25-22(28)16-27-10-8-26(9-11-27)12-13-29-20-5-3-19(23)4-6-20/h2-7,14H,8-13,15-16H2,1H3,(H,25,28). The molecule has 0 aliphatic carbocycles. The number of halogens is 2. The fourth-order valence-electron chi connectivity index (χ4n) is 3.27. The molecule has 1 amide bonds. The summed E-state index contributed by atoms with van der Waals surface area (Å²) in [6.07, 6.45) is 0. The second-order valence-corrected chi connectivity index (χ2v) is 7.72. The first kappa shape index (κ1) is 21.6. The van der Waals surface area contributed by atoms with Crippen molar-refractivity contribution in [3.8, 4) is 5.75 Å². The molecule has 1 heterocycles. The Balaban J connectivity index is 1.31. The molecule has 156 valence electrons. The molecular weight excluding hydrogens is 393 g/mol. The van der Waals surface area contributed by atoms with Crippen molar-refractivity contribution in [1.82, 2.24) is 15.1 Å². The number of ether oxygens (including phenoxy) is 1. The molecule has 3 rings (SSSR count). The number of carbonyl (C=O) groups excluding carboxylic acids is 1. The van der Waals surface area contributed by atoms with Crippen LogP contribution in [0.1, 0.15) is 11.1 Å². The molecule has 1 aliphatic heterocycles. The summed E-state index contributed by atoms with van der Waals surface area (Å²) in [6, 6.07) is 12.3. The van der Waals surface area contributed by atoms with Crippen LogP contribution in [0.2, 0.25) is 5.02 Å². The quantitative estimate of drug-likeness (QED) is 0.714. The Bertz CT molecular complexity index is 808. The first-order chi connectivity index (χ1) is 14.0. The second-order valence-electron chi connectivity index (χ2n) is 7.28. The molecule has 1 aliphatic rings. The van der Waals surface area contributed by atoms with Crippen LogP contribution < -0.4 is 10.1 Å². The average molecular weight is 420 g/mol. The van der Waals surface area contributed by atoms with Crippen molar-refractivity contribution in [3.05, 3.63) is 64.4 Å². The molecule has 0 atom stereocenters. The molecule has 0 saturated carbocycles. The van der Waals surface area contributed by atoms with E-state index in [0.29, 0.717) is 30.3 Å². The highest BCUT2D eigenvalue weighted by atomic mass is 35.5. The minimum atomic E-state index is -0.225. The Hall–Kier alpha value is -2.15. The van der Waals surface area contributed by atoms with E-state index in [9.17, 15) is 9.18 Å². The van der Waals surface area contributed by atoms with Gasteiger partial charge in [0.15, 0.2) is 0 Å². The summed E-state index contributed by atoms with van der Waals surface area (Å²) in [5.41, 5.74) is 1.50. The molecule has 0 radical (unpaired) electrons. The second kappa shape index (κ2) is 10.6. The molecule has 7 heteroatoms. The minimum Gasteiger partial charge on any atom is -0.492 e. The van der Waals surface area contributed by atoms with E-state index in [1.807, 2.05) is 24.3 Å². The van der Waals surface area contributed by atoms with Gasteiger partial charge in [-0.3, -0.25) is 14.6 Å². The van der Waals surface area contributed by atoms with Gasteiger partial charge in [-0.05, 0) is 48.4 Å². The highest BCUT2D eigenvalue weighted by Crippen LogP contribution is 2.15. The maximum atomic E-state index is 13.3. The van der Waals surface area contributed by atoms with E-state index in [1.165, 1.54) is 6.07 Å². The zero-order valence-corrected chi connectivity index (χ0v) is 17.4. The number of rotatable bonds is 8. The van der Waals surface area contributed by atoms with Crippen LogP contribution in [0.5, 0.6) is 5.75 Å². The normalized spacial score (nSPS) is 15.3. The minimum absolute atomic E-state index is 0.00787. The number of hydrogen-bond acceptors (Lipinski definition) is 4. The van der Waals surface area contributed by atoms with E-state index in [4.69, 9.17) is 16.3 Å². The SMILES string of the molecule is Cc1cc(CNC(=O)CN2CCN(CCOc3ccc(Cl)cc3)CC2)ccc1F. The molecule has 1 N–H and O–H groups in total. The average Bonchev–Trinajstić information content (AvgIpc) is 2.72. The first-order valence-corrected chi connectivity index (χ1v) is 10.2. The van der Waals surface area contributed by atoms with Crippen molar-refractivity contribution in [2.24, 2.45) is 0 Å². The van der Waals surface area contributed by atoms with Crippen LogP contribution in [-0.4, -0.2) is 61.6 Å². The molecule has 1 fully saturated rings. The third-order valence-electron chi connectivity index (χ3n) is 5.03. The first-order valence-electron chi connectivity index (χ1n) is 9.84. The van der Waals surface area contributed by atoms with Gasteiger partial charge in [0.05, 0.1) is 6.54 Å². The molecule has 2 aromatic rings. The van der Waals surface area contributed by atoms with Gasteiger partial charge in [0.1, 0.15) is 18.2 Å². The van der Waals surface area contributed by atoms with E-state index in [-0.39, 0.29) is 11.7 Å². The summed E-state index contributed by atoms with van der Waals surface area (Å²) < 4.78 is 19.0. The van der Waals surface area contributed by atoms with Crippen LogP contribution >= 0.6 is 11.6 Å². The Morgan fingerprint density at radius 1 is 1.10 bits per heavy atom. The van der Waals surface area contributed by atoms with Gasteiger partial charge in [-0.25, -0.2) is 4.39 Å². The Labute approximate surface area is 176 Å². The van der Waals surface area contributed by atoms with Gasteiger partial charge in [-0.2, -0.15) is 0 Å².